The molecule has 13 heavy (non-hydrogen) atoms. The van der Waals surface area contributed by atoms with Gasteiger partial charge in [-0.3, -0.25) is 4.79 Å². The van der Waals surface area contributed by atoms with Crippen molar-refractivity contribution in [3.8, 4) is 0 Å². The predicted octanol–water partition coefficient (Wildman–Crippen LogP) is 3.10. The van der Waals surface area contributed by atoms with E-state index in [1.165, 1.54) is 24.8 Å². The van der Waals surface area contributed by atoms with Gasteiger partial charge in [-0.25, -0.2) is 0 Å². The Kier molecular flexibility index (Phi) is 2.05. The van der Waals surface area contributed by atoms with Gasteiger partial charge in [0.15, 0.2) is 0 Å². The third-order valence-electron chi connectivity index (χ3n) is 3.70. The van der Waals surface area contributed by atoms with Crippen molar-refractivity contribution >= 4 is 5.78 Å². The lowest BCUT2D eigenvalue weighted by molar-refractivity contribution is -0.127. The topological polar surface area (TPSA) is 17.1 Å². The Hall–Kier alpha value is -0.590. The van der Waals surface area contributed by atoms with Crippen LogP contribution in [0.1, 0.15) is 46.0 Å². The SMILES string of the molecule is CC1(C)C(=O)CCC2CCCC=C21. The number of Topliss-reactive ketones (excluding diaryl/α,β-unsaturated/α-hetero) is 1. The van der Waals surface area contributed by atoms with Gasteiger partial charge in [0, 0.05) is 11.8 Å². The Morgan fingerprint density at radius 3 is 2.92 bits per heavy atom. The van der Waals surface area contributed by atoms with E-state index in [9.17, 15) is 4.79 Å². The fraction of sp³-hybridized carbons (Fsp3) is 0.750. The van der Waals surface area contributed by atoms with Crippen LogP contribution in [-0.2, 0) is 4.79 Å². The van der Waals surface area contributed by atoms with E-state index < -0.39 is 0 Å². The molecule has 0 aliphatic heterocycles. The van der Waals surface area contributed by atoms with E-state index in [4.69, 9.17) is 0 Å². The smallest absolute Gasteiger partial charge is 0.142 e. The minimum absolute atomic E-state index is 0.149. The van der Waals surface area contributed by atoms with Gasteiger partial charge in [0.05, 0.1) is 0 Å². The third kappa shape index (κ3) is 1.34. The fourth-order valence-corrected chi connectivity index (χ4v) is 2.79. The van der Waals surface area contributed by atoms with Crippen molar-refractivity contribution < 1.29 is 4.79 Å². The highest BCUT2D eigenvalue weighted by Crippen LogP contribution is 2.45. The van der Waals surface area contributed by atoms with Gasteiger partial charge < -0.3 is 0 Å². The molecule has 0 N–H and O–H groups in total. The molecule has 1 saturated carbocycles. The van der Waals surface area contributed by atoms with E-state index in [0.29, 0.717) is 5.78 Å². The van der Waals surface area contributed by atoms with Crippen LogP contribution in [0.15, 0.2) is 11.6 Å². The zero-order valence-electron chi connectivity index (χ0n) is 8.60. The van der Waals surface area contributed by atoms with E-state index in [-0.39, 0.29) is 5.41 Å². The number of hydrogen-bond donors (Lipinski definition) is 0. The lowest BCUT2D eigenvalue weighted by Crippen LogP contribution is -2.36. The van der Waals surface area contributed by atoms with Gasteiger partial charge in [-0.15, -0.1) is 0 Å². The molecule has 0 bridgehead atoms. The van der Waals surface area contributed by atoms with E-state index in [1.807, 2.05) is 0 Å². The Bertz CT molecular complexity index is 260. The van der Waals surface area contributed by atoms with Crippen LogP contribution in [0.2, 0.25) is 0 Å². The van der Waals surface area contributed by atoms with Gasteiger partial charge >= 0.3 is 0 Å². The first-order chi connectivity index (χ1) is 6.12. The standard InChI is InChI=1S/C12H18O/c1-12(2)10-6-4-3-5-9(10)7-8-11(12)13/h6,9H,3-5,7-8H2,1-2H3. The third-order valence-corrected chi connectivity index (χ3v) is 3.70. The summed E-state index contributed by atoms with van der Waals surface area (Å²) in [5, 5.41) is 0. The summed E-state index contributed by atoms with van der Waals surface area (Å²) in [6.07, 6.45) is 8.04. The van der Waals surface area contributed by atoms with E-state index in [2.05, 4.69) is 19.9 Å². The molecule has 2 aliphatic rings. The molecule has 0 heterocycles. The van der Waals surface area contributed by atoms with Crippen LogP contribution in [-0.4, -0.2) is 5.78 Å². The van der Waals surface area contributed by atoms with Crippen LogP contribution < -0.4 is 0 Å². The number of carbonyl (C=O) groups is 1. The van der Waals surface area contributed by atoms with Gasteiger partial charge in [-0.05, 0) is 45.4 Å². The molecule has 0 aromatic rings. The van der Waals surface area contributed by atoms with Crippen molar-refractivity contribution in [3.05, 3.63) is 11.6 Å². The molecular formula is C12H18O. The van der Waals surface area contributed by atoms with E-state index >= 15 is 0 Å². The van der Waals surface area contributed by atoms with Crippen LogP contribution in [0.3, 0.4) is 0 Å². The summed E-state index contributed by atoms with van der Waals surface area (Å²) in [7, 11) is 0. The second-order valence-electron chi connectivity index (χ2n) is 4.87. The summed E-state index contributed by atoms with van der Waals surface area (Å²) in [5.74, 6) is 1.17. The first-order valence-electron chi connectivity index (χ1n) is 5.36. The zero-order valence-corrected chi connectivity index (χ0v) is 8.60. The number of allylic oxidation sites excluding steroid dienone is 2. The molecule has 0 saturated heterocycles. The fourth-order valence-electron chi connectivity index (χ4n) is 2.79. The van der Waals surface area contributed by atoms with Crippen LogP contribution in [0.25, 0.3) is 0 Å². The molecule has 72 valence electrons. The summed E-state index contributed by atoms with van der Waals surface area (Å²) in [6, 6.07) is 0. The Balaban J connectivity index is 2.33. The molecule has 1 fully saturated rings. The second kappa shape index (κ2) is 2.97. The Morgan fingerprint density at radius 2 is 2.15 bits per heavy atom. The van der Waals surface area contributed by atoms with Crippen LogP contribution >= 0.6 is 0 Å². The Labute approximate surface area is 80.2 Å². The maximum atomic E-state index is 11.7. The molecule has 0 aromatic heterocycles. The lowest BCUT2D eigenvalue weighted by Gasteiger charge is -2.39. The summed E-state index contributed by atoms with van der Waals surface area (Å²) in [5.41, 5.74) is 1.29. The molecule has 1 atom stereocenters. The van der Waals surface area contributed by atoms with Crippen molar-refractivity contribution in [1.29, 1.82) is 0 Å². The van der Waals surface area contributed by atoms with E-state index in [0.717, 1.165) is 18.8 Å². The summed E-state index contributed by atoms with van der Waals surface area (Å²) >= 11 is 0. The number of hydrogen-bond acceptors (Lipinski definition) is 1. The first-order valence-corrected chi connectivity index (χ1v) is 5.36. The predicted molar refractivity (Wildman–Crippen MR) is 53.4 cm³/mol. The van der Waals surface area contributed by atoms with Gasteiger partial charge in [0.25, 0.3) is 0 Å². The van der Waals surface area contributed by atoms with Crippen molar-refractivity contribution in [3.63, 3.8) is 0 Å². The van der Waals surface area contributed by atoms with Gasteiger partial charge in [-0.1, -0.05) is 11.6 Å². The van der Waals surface area contributed by atoms with Crippen LogP contribution in [0.4, 0.5) is 0 Å². The molecule has 0 aromatic carbocycles. The number of carbonyl (C=O) groups excluding carboxylic acids is 1. The zero-order chi connectivity index (χ0) is 9.47. The van der Waals surface area contributed by atoms with Crippen LogP contribution in [0, 0.1) is 11.3 Å². The van der Waals surface area contributed by atoms with Crippen molar-refractivity contribution in [1.82, 2.24) is 0 Å². The number of rotatable bonds is 0. The molecule has 0 spiro atoms. The summed E-state index contributed by atoms with van der Waals surface area (Å²) < 4.78 is 0. The molecule has 1 heteroatoms. The van der Waals surface area contributed by atoms with Crippen molar-refractivity contribution in [2.45, 2.75) is 46.0 Å². The highest BCUT2D eigenvalue weighted by Gasteiger charge is 2.40. The highest BCUT2D eigenvalue weighted by molar-refractivity contribution is 5.88. The molecular weight excluding hydrogens is 160 g/mol. The molecule has 2 aliphatic carbocycles. The molecule has 1 nitrogen and oxygen atoms in total. The second-order valence-corrected chi connectivity index (χ2v) is 4.87. The average molecular weight is 178 g/mol. The van der Waals surface area contributed by atoms with Gasteiger partial charge in [0.1, 0.15) is 5.78 Å². The van der Waals surface area contributed by atoms with E-state index in [1.54, 1.807) is 0 Å². The van der Waals surface area contributed by atoms with Gasteiger partial charge in [-0.2, -0.15) is 0 Å². The maximum Gasteiger partial charge on any atom is 0.142 e. The largest absolute Gasteiger partial charge is 0.299 e. The monoisotopic (exact) mass is 178 g/mol. The number of fused-ring (bicyclic) bond motifs is 1. The minimum Gasteiger partial charge on any atom is -0.299 e. The van der Waals surface area contributed by atoms with Gasteiger partial charge in [0.2, 0.25) is 0 Å². The first kappa shape index (κ1) is 8.98. The molecule has 0 radical (unpaired) electrons. The van der Waals surface area contributed by atoms with Crippen molar-refractivity contribution in [2.75, 3.05) is 0 Å². The quantitative estimate of drug-likeness (QED) is 0.521. The molecule has 0 amide bonds. The van der Waals surface area contributed by atoms with Crippen LogP contribution in [0.5, 0.6) is 0 Å². The lowest BCUT2D eigenvalue weighted by atomic mass is 9.64. The highest BCUT2D eigenvalue weighted by atomic mass is 16.1. The summed E-state index contributed by atoms with van der Waals surface area (Å²) in [6.45, 7) is 4.19. The van der Waals surface area contributed by atoms with Crippen molar-refractivity contribution in [2.24, 2.45) is 11.3 Å². The molecule has 1 unspecified atom stereocenters. The Morgan fingerprint density at radius 1 is 1.38 bits per heavy atom. The minimum atomic E-state index is -0.149. The average Bonchev–Trinajstić information content (AvgIpc) is 2.13. The summed E-state index contributed by atoms with van der Waals surface area (Å²) in [4.78, 5) is 11.7. The maximum absolute atomic E-state index is 11.7. The molecule has 2 rings (SSSR count). The number of ketones is 1. The normalized spacial score (nSPS) is 32.3.